The van der Waals surface area contributed by atoms with Gasteiger partial charge in [0.1, 0.15) is 6.61 Å². The summed E-state index contributed by atoms with van der Waals surface area (Å²) in [6.07, 6.45) is 0. The van der Waals surface area contributed by atoms with Gasteiger partial charge in [-0.15, -0.1) is 0 Å². The Morgan fingerprint density at radius 2 is 1.81 bits per heavy atom. The molecule has 0 heterocycles. The van der Waals surface area contributed by atoms with Gasteiger partial charge in [-0.05, 0) is 12.1 Å². The van der Waals surface area contributed by atoms with Crippen LogP contribution in [0, 0.1) is 0 Å². The van der Waals surface area contributed by atoms with Gasteiger partial charge in [-0.25, -0.2) is 0 Å². The van der Waals surface area contributed by atoms with Crippen molar-refractivity contribution in [1.82, 2.24) is 0 Å². The van der Waals surface area contributed by atoms with Gasteiger partial charge in [0.05, 0.1) is 6.61 Å². The Morgan fingerprint density at radius 3 is 2.38 bits per heavy atom. The van der Waals surface area contributed by atoms with Gasteiger partial charge in [-0.2, -0.15) is 8.42 Å². The molecule has 16 heavy (non-hydrogen) atoms. The van der Waals surface area contributed by atoms with Crippen molar-refractivity contribution in [2.75, 3.05) is 20.3 Å². The molecule has 0 saturated heterocycles. The highest BCUT2D eigenvalue weighted by molar-refractivity contribution is 7.81. The van der Waals surface area contributed by atoms with Gasteiger partial charge >= 0.3 is 10.5 Å². The topological polar surface area (TPSA) is 61.8 Å². The first kappa shape index (κ1) is 12.7. The third kappa shape index (κ3) is 4.45. The van der Waals surface area contributed by atoms with Gasteiger partial charge in [0.2, 0.25) is 0 Å². The number of ether oxygens (including phenoxy) is 2. The van der Waals surface area contributed by atoms with Gasteiger partial charge < -0.3 is 13.7 Å². The van der Waals surface area contributed by atoms with Crippen molar-refractivity contribution in [2.24, 2.45) is 0 Å². The highest BCUT2D eigenvalue weighted by Crippen LogP contribution is 2.27. The monoisotopic (exact) mass is 250 g/mol. The Kier molecular flexibility index (Phi) is 4.51. The normalized spacial score (nSPS) is 11.1. The summed E-state index contributed by atoms with van der Waals surface area (Å²) < 4.78 is 46.9. The minimum absolute atomic E-state index is 0.140. The summed E-state index contributed by atoms with van der Waals surface area (Å²) in [7, 11) is -3.54. The first-order valence-corrected chi connectivity index (χ1v) is 5.68. The molecule has 0 saturated carbocycles. The zero-order chi connectivity index (χ0) is 12.0. The van der Waals surface area contributed by atoms with Gasteiger partial charge in [0, 0.05) is 7.11 Å². The lowest BCUT2D eigenvalue weighted by Gasteiger charge is -2.09. The maximum atomic E-state index is 12.3. The van der Waals surface area contributed by atoms with Gasteiger partial charge in [-0.1, -0.05) is 16.0 Å². The molecule has 1 aromatic rings. The number of hydrogen-bond donors (Lipinski definition) is 0. The maximum Gasteiger partial charge on any atom is 0.488 e. The lowest BCUT2D eigenvalue weighted by Crippen LogP contribution is -2.07. The van der Waals surface area contributed by atoms with Crippen molar-refractivity contribution in [1.29, 1.82) is 0 Å². The summed E-state index contributed by atoms with van der Waals surface area (Å²) in [5.41, 5.74) is 0. The molecular formula is C9H11FO5S. The number of rotatable bonds is 6. The average Bonchev–Trinajstić information content (AvgIpc) is 2.19. The SMILES string of the molecule is COCCOc1ccccc1OS(=O)(=O)F. The third-order valence-electron chi connectivity index (χ3n) is 1.58. The maximum absolute atomic E-state index is 12.3. The van der Waals surface area contributed by atoms with Crippen LogP contribution in [0.1, 0.15) is 0 Å². The lowest BCUT2D eigenvalue weighted by atomic mass is 10.3. The molecule has 0 radical (unpaired) electrons. The third-order valence-corrected chi connectivity index (χ3v) is 1.96. The second-order valence-electron chi connectivity index (χ2n) is 2.76. The highest BCUT2D eigenvalue weighted by atomic mass is 32.3. The zero-order valence-corrected chi connectivity index (χ0v) is 9.37. The van der Waals surface area contributed by atoms with Crippen LogP contribution in [0.2, 0.25) is 0 Å². The highest BCUT2D eigenvalue weighted by Gasteiger charge is 2.13. The van der Waals surface area contributed by atoms with Gasteiger partial charge in [-0.3, -0.25) is 0 Å². The van der Waals surface area contributed by atoms with Crippen LogP contribution in [-0.2, 0) is 15.2 Å². The first-order chi connectivity index (χ1) is 7.53. The number of para-hydroxylation sites is 2. The van der Waals surface area contributed by atoms with Crippen LogP contribution >= 0.6 is 0 Å². The molecule has 0 N–H and O–H groups in total. The number of halogens is 1. The smallest absolute Gasteiger partial charge is 0.487 e. The molecule has 0 aliphatic carbocycles. The molecule has 0 atom stereocenters. The zero-order valence-electron chi connectivity index (χ0n) is 8.55. The molecule has 5 nitrogen and oxygen atoms in total. The lowest BCUT2D eigenvalue weighted by molar-refractivity contribution is 0.145. The molecule has 90 valence electrons. The number of benzene rings is 1. The van der Waals surface area contributed by atoms with Crippen molar-refractivity contribution in [2.45, 2.75) is 0 Å². The largest absolute Gasteiger partial charge is 0.488 e. The molecule has 1 aromatic carbocycles. The van der Waals surface area contributed by atoms with Crippen molar-refractivity contribution >= 4 is 10.5 Å². The summed E-state index contributed by atoms with van der Waals surface area (Å²) in [6.45, 7) is 0.542. The molecule has 0 aliphatic heterocycles. The molecule has 0 unspecified atom stereocenters. The molecular weight excluding hydrogens is 239 g/mol. The first-order valence-electron chi connectivity index (χ1n) is 4.38. The van der Waals surface area contributed by atoms with Crippen LogP contribution in [0.15, 0.2) is 24.3 Å². The standard InChI is InChI=1S/C9H11FO5S/c1-13-6-7-14-8-4-2-3-5-9(8)15-16(10,11)12/h2-5H,6-7H2,1H3. The van der Waals surface area contributed by atoms with E-state index in [4.69, 9.17) is 9.47 Å². The van der Waals surface area contributed by atoms with E-state index < -0.39 is 10.5 Å². The fourth-order valence-electron chi connectivity index (χ4n) is 0.980. The van der Waals surface area contributed by atoms with Crippen LogP contribution in [0.4, 0.5) is 3.89 Å². The van der Waals surface area contributed by atoms with Crippen molar-refractivity contribution in [3.8, 4) is 11.5 Å². The van der Waals surface area contributed by atoms with E-state index in [1.54, 1.807) is 6.07 Å². The predicted octanol–water partition coefficient (Wildman–Crippen LogP) is 1.30. The molecule has 7 heteroatoms. The second-order valence-corrected chi connectivity index (χ2v) is 3.72. The average molecular weight is 250 g/mol. The Morgan fingerprint density at radius 1 is 1.19 bits per heavy atom. The predicted molar refractivity (Wildman–Crippen MR) is 54.5 cm³/mol. The molecule has 0 aliphatic rings. The Labute approximate surface area is 93.2 Å². The van der Waals surface area contributed by atoms with Crippen LogP contribution < -0.4 is 8.92 Å². The summed E-state index contributed by atoms with van der Waals surface area (Å²) in [5, 5.41) is 0. The second kappa shape index (κ2) is 5.66. The van der Waals surface area contributed by atoms with Crippen molar-refractivity contribution < 1.29 is 26.0 Å². The minimum atomic E-state index is -5.04. The Bertz CT molecular complexity index is 431. The summed E-state index contributed by atoms with van der Waals surface area (Å²) in [5.74, 6) is -0.0538. The summed E-state index contributed by atoms with van der Waals surface area (Å²) in [6, 6.07) is 5.87. The summed E-state index contributed by atoms with van der Waals surface area (Å²) in [4.78, 5) is 0. The van der Waals surface area contributed by atoms with E-state index >= 15 is 0 Å². The van der Waals surface area contributed by atoms with Crippen LogP contribution in [0.5, 0.6) is 11.5 Å². The molecule has 0 amide bonds. The van der Waals surface area contributed by atoms with Crippen LogP contribution in [-0.4, -0.2) is 28.7 Å². The van der Waals surface area contributed by atoms with E-state index in [-0.39, 0.29) is 18.1 Å². The van der Waals surface area contributed by atoms with Crippen LogP contribution in [0.25, 0.3) is 0 Å². The molecule has 1 rings (SSSR count). The van der Waals surface area contributed by atoms with E-state index in [0.29, 0.717) is 6.61 Å². The van der Waals surface area contributed by atoms with E-state index in [9.17, 15) is 12.3 Å². The minimum Gasteiger partial charge on any atom is -0.487 e. The number of methoxy groups -OCH3 is 1. The Hall–Kier alpha value is -1.34. The molecule has 0 spiro atoms. The summed E-state index contributed by atoms with van der Waals surface area (Å²) >= 11 is 0. The van der Waals surface area contributed by atoms with E-state index in [1.165, 1.54) is 25.3 Å². The Balaban J connectivity index is 2.75. The van der Waals surface area contributed by atoms with Crippen molar-refractivity contribution in [3.05, 3.63) is 24.3 Å². The fraction of sp³-hybridized carbons (Fsp3) is 0.333. The van der Waals surface area contributed by atoms with E-state index in [1.807, 2.05) is 0 Å². The fourth-order valence-corrected chi connectivity index (χ4v) is 1.33. The van der Waals surface area contributed by atoms with Crippen LogP contribution in [0.3, 0.4) is 0 Å². The van der Waals surface area contributed by atoms with E-state index in [0.717, 1.165) is 0 Å². The molecule has 0 fully saturated rings. The van der Waals surface area contributed by atoms with E-state index in [2.05, 4.69) is 4.18 Å². The molecule has 0 bridgehead atoms. The molecule has 0 aromatic heterocycles. The van der Waals surface area contributed by atoms with Gasteiger partial charge in [0.15, 0.2) is 11.5 Å². The number of hydrogen-bond acceptors (Lipinski definition) is 5. The quantitative estimate of drug-likeness (QED) is 0.562. The van der Waals surface area contributed by atoms with Gasteiger partial charge in [0.25, 0.3) is 0 Å². The van der Waals surface area contributed by atoms with Crippen molar-refractivity contribution in [3.63, 3.8) is 0 Å².